The highest BCUT2D eigenvalue weighted by Crippen LogP contribution is 2.38. The molecule has 0 atom stereocenters. The molecule has 0 aliphatic heterocycles. The van der Waals surface area contributed by atoms with Crippen LogP contribution in [-0.4, -0.2) is 28.5 Å². The zero-order valence-electron chi connectivity index (χ0n) is 19.4. The average molecular weight is 510 g/mol. The van der Waals surface area contributed by atoms with E-state index in [1.54, 1.807) is 13.0 Å². The van der Waals surface area contributed by atoms with E-state index in [1.165, 1.54) is 24.0 Å². The Morgan fingerprint density at radius 3 is 2.23 bits per heavy atom. The average Bonchev–Trinajstić information content (AvgIpc) is 2.79. The molecule has 2 rings (SSSR count). The van der Waals surface area contributed by atoms with Gasteiger partial charge in [-0.05, 0) is 49.3 Å². The zero-order valence-corrected chi connectivity index (χ0v) is 20.2. The third-order valence-corrected chi connectivity index (χ3v) is 5.47. The molecule has 7 nitrogen and oxygen atoms in total. The number of aromatic nitrogens is 1. The first-order valence-corrected chi connectivity index (χ1v) is 11.0. The number of hydrogen-bond donors (Lipinski definition) is 1. The highest BCUT2D eigenvalue weighted by molar-refractivity contribution is 7.81. The van der Waals surface area contributed by atoms with Gasteiger partial charge in [-0.1, -0.05) is 20.8 Å². The second kappa shape index (κ2) is 10.8. The van der Waals surface area contributed by atoms with E-state index in [0.717, 1.165) is 12.1 Å². The summed E-state index contributed by atoms with van der Waals surface area (Å²) in [6.07, 6.45) is -5.43. The normalized spacial score (nSPS) is 11.2. The summed E-state index contributed by atoms with van der Waals surface area (Å²) in [5.41, 5.74) is 2.47. The standard InChI is InChI=1S/C23H23F4N5O2S/c1-5-17(33)32(15-9-7-13(11-28)18(19(15)24)23(25,26)27)22(35)31(6-2)16-10-8-14(12(3)4)30-20(16)21(29)34/h7-10,12H,5-6H2,1-4H3,(H2,29,34). The van der Waals surface area contributed by atoms with Gasteiger partial charge >= 0.3 is 6.18 Å². The molecule has 2 amide bonds. The number of hydrogen-bond acceptors (Lipinski definition) is 5. The lowest BCUT2D eigenvalue weighted by atomic mass is 10.1. The number of rotatable bonds is 6. The molecule has 0 bridgehead atoms. The van der Waals surface area contributed by atoms with Crippen molar-refractivity contribution in [3.8, 4) is 6.07 Å². The largest absolute Gasteiger partial charge is 0.420 e. The van der Waals surface area contributed by atoms with E-state index in [4.69, 9.17) is 23.2 Å². The fourth-order valence-electron chi connectivity index (χ4n) is 3.33. The van der Waals surface area contributed by atoms with Crippen molar-refractivity contribution >= 4 is 40.5 Å². The second-order valence-electron chi connectivity index (χ2n) is 7.66. The Labute approximate surface area is 205 Å². The summed E-state index contributed by atoms with van der Waals surface area (Å²) < 4.78 is 55.9. The van der Waals surface area contributed by atoms with Crippen molar-refractivity contribution in [3.63, 3.8) is 0 Å². The van der Waals surface area contributed by atoms with E-state index in [0.29, 0.717) is 10.6 Å². The molecular weight excluding hydrogens is 486 g/mol. The molecule has 0 spiro atoms. The summed E-state index contributed by atoms with van der Waals surface area (Å²) in [6.45, 7) is 6.77. The molecule has 0 unspecified atom stereocenters. The number of nitrogens with zero attached hydrogens (tertiary/aromatic N) is 4. The predicted octanol–water partition coefficient (Wildman–Crippen LogP) is 4.89. The number of pyridine rings is 1. The molecular formula is C23H23F4N5O2S. The topological polar surface area (TPSA) is 103 Å². The summed E-state index contributed by atoms with van der Waals surface area (Å²) in [5, 5.41) is 8.65. The van der Waals surface area contributed by atoms with E-state index in [-0.39, 0.29) is 30.3 Å². The first-order valence-electron chi connectivity index (χ1n) is 10.5. The molecule has 0 aliphatic rings. The van der Waals surface area contributed by atoms with Gasteiger partial charge in [0.05, 0.1) is 23.0 Å². The number of alkyl halides is 3. The number of benzene rings is 1. The molecule has 1 heterocycles. The van der Waals surface area contributed by atoms with Gasteiger partial charge in [0, 0.05) is 18.7 Å². The smallest absolute Gasteiger partial charge is 0.364 e. The number of nitrogens with two attached hydrogens (primary N) is 1. The van der Waals surface area contributed by atoms with Gasteiger partial charge in [-0.2, -0.15) is 18.4 Å². The van der Waals surface area contributed by atoms with Crippen molar-refractivity contribution in [2.24, 2.45) is 5.73 Å². The van der Waals surface area contributed by atoms with Crippen molar-refractivity contribution in [1.29, 1.82) is 5.26 Å². The van der Waals surface area contributed by atoms with E-state index in [1.807, 2.05) is 13.8 Å². The molecule has 186 valence electrons. The minimum atomic E-state index is -5.20. The van der Waals surface area contributed by atoms with Gasteiger partial charge < -0.3 is 10.6 Å². The number of anilines is 2. The van der Waals surface area contributed by atoms with Crippen LogP contribution in [0.2, 0.25) is 0 Å². The SMILES string of the molecule is CCC(=O)N(C(=S)N(CC)c1ccc(C(C)C)nc1C(N)=O)c1ccc(C#N)c(C(F)(F)F)c1F. The molecule has 2 N–H and O–H groups in total. The monoisotopic (exact) mass is 509 g/mol. The number of primary amides is 1. The molecule has 35 heavy (non-hydrogen) atoms. The van der Waals surface area contributed by atoms with E-state index >= 15 is 4.39 Å². The Balaban J connectivity index is 2.76. The molecule has 12 heteroatoms. The van der Waals surface area contributed by atoms with Crippen LogP contribution in [0, 0.1) is 17.1 Å². The summed E-state index contributed by atoms with van der Waals surface area (Å²) >= 11 is 5.43. The Morgan fingerprint density at radius 1 is 1.17 bits per heavy atom. The van der Waals surface area contributed by atoms with Crippen LogP contribution in [0.15, 0.2) is 24.3 Å². The van der Waals surface area contributed by atoms with E-state index < -0.39 is 45.7 Å². The van der Waals surface area contributed by atoms with E-state index in [2.05, 4.69) is 4.98 Å². The van der Waals surface area contributed by atoms with Crippen LogP contribution >= 0.6 is 12.2 Å². The van der Waals surface area contributed by atoms with Crippen molar-refractivity contribution < 1.29 is 27.2 Å². The van der Waals surface area contributed by atoms with E-state index in [9.17, 15) is 22.8 Å². The maximum Gasteiger partial charge on any atom is 0.420 e. The van der Waals surface area contributed by atoms with Crippen LogP contribution in [0.4, 0.5) is 28.9 Å². The quantitative estimate of drug-likeness (QED) is 0.439. The number of halogens is 4. The summed E-state index contributed by atoms with van der Waals surface area (Å²) in [4.78, 5) is 31.1. The lowest BCUT2D eigenvalue weighted by Crippen LogP contribution is -2.47. The van der Waals surface area contributed by atoms with Gasteiger partial charge in [0.25, 0.3) is 5.91 Å². The highest BCUT2D eigenvalue weighted by atomic mass is 32.1. The van der Waals surface area contributed by atoms with Crippen LogP contribution in [0.5, 0.6) is 0 Å². The third-order valence-electron chi connectivity index (χ3n) is 5.07. The van der Waals surface area contributed by atoms with Crippen LogP contribution in [0.1, 0.15) is 67.3 Å². The fraction of sp³-hybridized carbons (Fsp3) is 0.348. The van der Waals surface area contributed by atoms with Gasteiger partial charge in [0.2, 0.25) is 5.91 Å². The predicted molar refractivity (Wildman–Crippen MR) is 126 cm³/mol. The van der Waals surface area contributed by atoms with Gasteiger partial charge in [-0.15, -0.1) is 0 Å². The Morgan fingerprint density at radius 2 is 1.77 bits per heavy atom. The second-order valence-corrected chi connectivity index (χ2v) is 8.03. The Bertz CT molecular complexity index is 1210. The van der Waals surface area contributed by atoms with Crippen molar-refractivity contribution in [3.05, 3.63) is 52.6 Å². The third kappa shape index (κ3) is 5.57. The summed E-state index contributed by atoms with van der Waals surface area (Å²) in [6, 6.07) is 6.08. The number of amides is 2. The summed E-state index contributed by atoms with van der Waals surface area (Å²) in [7, 11) is 0. The molecule has 0 radical (unpaired) electrons. The van der Waals surface area contributed by atoms with Crippen molar-refractivity contribution in [2.45, 2.75) is 46.2 Å². The first kappa shape index (κ1) is 27.7. The van der Waals surface area contributed by atoms with Gasteiger partial charge in [0.15, 0.2) is 16.6 Å². The van der Waals surface area contributed by atoms with Gasteiger partial charge in [0.1, 0.15) is 5.56 Å². The lowest BCUT2D eigenvalue weighted by molar-refractivity contribution is -0.140. The molecule has 0 fully saturated rings. The number of carbonyl (C=O) groups excluding carboxylic acids is 2. The fourth-order valence-corrected chi connectivity index (χ4v) is 3.75. The number of nitriles is 1. The molecule has 2 aromatic rings. The Hall–Kier alpha value is -3.59. The highest BCUT2D eigenvalue weighted by Gasteiger charge is 2.40. The number of thiocarbonyl (C=S) groups is 1. The van der Waals surface area contributed by atoms with Crippen LogP contribution in [0.3, 0.4) is 0 Å². The minimum Gasteiger partial charge on any atom is -0.364 e. The molecule has 0 aliphatic carbocycles. The number of carbonyl (C=O) groups is 2. The lowest BCUT2D eigenvalue weighted by Gasteiger charge is -2.33. The van der Waals surface area contributed by atoms with Crippen LogP contribution in [0.25, 0.3) is 0 Å². The maximum atomic E-state index is 15.2. The summed E-state index contributed by atoms with van der Waals surface area (Å²) in [5.74, 6) is -3.56. The maximum absolute atomic E-state index is 15.2. The minimum absolute atomic E-state index is 0.0410. The van der Waals surface area contributed by atoms with Crippen LogP contribution in [-0.2, 0) is 11.0 Å². The van der Waals surface area contributed by atoms with Crippen LogP contribution < -0.4 is 15.5 Å². The zero-order chi connectivity index (χ0) is 26.7. The first-order chi connectivity index (χ1) is 16.3. The Kier molecular flexibility index (Phi) is 8.51. The van der Waals surface area contributed by atoms with Gasteiger partial charge in [-0.25, -0.2) is 9.37 Å². The van der Waals surface area contributed by atoms with Crippen molar-refractivity contribution in [2.75, 3.05) is 16.3 Å². The molecule has 1 aromatic carbocycles. The molecule has 0 saturated heterocycles. The molecule has 0 saturated carbocycles. The van der Waals surface area contributed by atoms with Gasteiger partial charge in [-0.3, -0.25) is 14.5 Å². The van der Waals surface area contributed by atoms with Crippen molar-refractivity contribution in [1.82, 2.24) is 4.98 Å². The molecule has 1 aromatic heterocycles.